The van der Waals surface area contributed by atoms with Gasteiger partial charge in [-0.05, 0) is 54.4 Å². The van der Waals surface area contributed by atoms with Gasteiger partial charge in [-0.1, -0.05) is 30.3 Å². The summed E-state index contributed by atoms with van der Waals surface area (Å²) in [7, 11) is 0. The van der Waals surface area contributed by atoms with Gasteiger partial charge in [0.25, 0.3) is 0 Å². The van der Waals surface area contributed by atoms with Crippen molar-refractivity contribution in [3.63, 3.8) is 0 Å². The van der Waals surface area contributed by atoms with Gasteiger partial charge >= 0.3 is 11.9 Å². The summed E-state index contributed by atoms with van der Waals surface area (Å²) in [5.74, 6) is -2.76. The summed E-state index contributed by atoms with van der Waals surface area (Å²) in [5, 5.41) is 0. The maximum atomic E-state index is 12.8. The van der Waals surface area contributed by atoms with Gasteiger partial charge in [0.05, 0.1) is 0 Å². The van der Waals surface area contributed by atoms with Crippen LogP contribution in [0.15, 0.2) is 30.3 Å². The van der Waals surface area contributed by atoms with Gasteiger partial charge in [0.2, 0.25) is 0 Å². The van der Waals surface area contributed by atoms with Crippen molar-refractivity contribution in [1.29, 1.82) is 0 Å². The van der Waals surface area contributed by atoms with E-state index in [9.17, 15) is 14.4 Å². The molecular weight excluding hydrogens is 332 g/mol. The molecule has 1 aromatic carbocycles. The van der Waals surface area contributed by atoms with Crippen LogP contribution in [0.5, 0.6) is 0 Å². The normalized spacial score (nSPS) is 14.8. The molecule has 144 valence electrons. The van der Waals surface area contributed by atoms with Crippen LogP contribution in [0.1, 0.15) is 72.5 Å². The zero-order chi connectivity index (χ0) is 20.8. The monoisotopic (exact) mass is 363 g/mol. The molecular formula is C21H30O5. The van der Waals surface area contributed by atoms with Gasteiger partial charge in [0.1, 0.15) is 17.1 Å². The summed E-state index contributed by atoms with van der Waals surface area (Å²) in [6.07, 6.45) is -1.11. The van der Waals surface area contributed by atoms with Crippen LogP contribution in [-0.4, -0.2) is 28.9 Å². The molecule has 0 aromatic heterocycles. The summed E-state index contributed by atoms with van der Waals surface area (Å²) in [6, 6.07) is 8.47. The Morgan fingerprint density at radius 1 is 0.962 bits per heavy atom. The van der Waals surface area contributed by atoms with Crippen LogP contribution in [0, 0.1) is 5.92 Å². The van der Waals surface area contributed by atoms with Crippen molar-refractivity contribution in [3.05, 3.63) is 35.9 Å². The Morgan fingerprint density at radius 2 is 1.50 bits per heavy atom. The van der Waals surface area contributed by atoms with E-state index in [2.05, 4.69) is 0 Å². The maximum Gasteiger partial charge on any atom is 0.317 e. The Balaban J connectivity index is 2.90. The first-order valence-corrected chi connectivity index (χ1v) is 8.77. The number of carbonyl (C=O) groups is 3. The number of rotatable bonds is 7. The summed E-state index contributed by atoms with van der Waals surface area (Å²) >= 11 is 0. The molecule has 5 nitrogen and oxygen atoms in total. The predicted octanol–water partition coefficient (Wildman–Crippen LogP) is 4.34. The summed E-state index contributed by atoms with van der Waals surface area (Å²) in [6.45, 7) is 10.3. The quantitative estimate of drug-likeness (QED) is 0.409. The van der Waals surface area contributed by atoms with Crippen molar-refractivity contribution >= 4 is 17.7 Å². The lowest BCUT2D eigenvalue weighted by atomic mass is 9.92. The van der Waals surface area contributed by atoms with E-state index >= 15 is 0 Å². The fourth-order valence-electron chi connectivity index (χ4n) is 2.24. The summed E-state index contributed by atoms with van der Waals surface area (Å²) < 4.78 is 18.5. The van der Waals surface area contributed by atoms with Crippen LogP contribution in [0.25, 0.3) is 0 Å². The fraction of sp³-hybridized carbons (Fsp3) is 0.571. The number of esters is 2. The second kappa shape index (κ2) is 8.97. The van der Waals surface area contributed by atoms with Gasteiger partial charge in [0.15, 0.2) is 5.78 Å². The number of carbonyl (C=O) groups excluding carboxylic acids is 3. The minimum Gasteiger partial charge on any atom is -0.460 e. The zero-order valence-corrected chi connectivity index (χ0v) is 16.5. The second-order valence-corrected chi connectivity index (χ2v) is 8.13. The Hall–Kier alpha value is -2.17. The number of ether oxygens (including phenoxy) is 2. The molecule has 0 N–H and O–H groups in total. The number of benzene rings is 1. The van der Waals surface area contributed by atoms with Gasteiger partial charge in [-0.2, -0.15) is 0 Å². The molecule has 26 heavy (non-hydrogen) atoms. The van der Waals surface area contributed by atoms with Crippen molar-refractivity contribution in [2.24, 2.45) is 5.92 Å². The second-order valence-electron chi connectivity index (χ2n) is 8.13. The maximum absolute atomic E-state index is 12.8. The lowest BCUT2D eigenvalue weighted by Crippen LogP contribution is -2.33. The topological polar surface area (TPSA) is 69.7 Å². The molecule has 0 amide bonds. The van der Waals surface area contributed by atoms with E-state index in [1.165, 1.54) is 0 Å². The summed E-state index contributed by atoms with van der Waals surface area (Å²) in [4.78, 5) is 37.4. The third-order valence-electron chi connectivity index (χ3n) is 3.24. The molecule has 1 aromatic rings. The highest BCUT2D eigenvalue weighted by Gasteiger charge is 2.31. The Bertz CT molecular complexity index is 655. The Morgan fingerprint density at radius 3 is 2.00 bits per heavy atom. The first-order chi connectivity index (χ1) is 12.3. The molecule has 2 atom stereocenters. The van der Waals surface area contributed by atoms with Gasteiger partial charge in [-0.3, -0.25) is 14.4 Å². The Labute approximate surface area is 157 Å². The van der Waals surface area contributed by atoms with Gasteiger partial charge < -0.3 is 9.47 Å². The van der Waals surface area contributed by atoms with Crippen LogP contribution in [0.2, 0.25) is 0 Å². The minimum atomic E-state index is -1.17. The molecule has 0 spiro atoms. The highest BCUT2D eigenvalue weighted by molar-refractivity contribution is 6.08. The largest absolute Gasteiger partial charge is 0.460 e. The van der Waals surface area contributed by atoms with E-state index in [-0.39, 0.29) is 18.6 Å². The van der Waals surface area contributed by atoms with Gasteiger partial charge in [-0.25, -0.2) is 0 Å². The molecule has 0 aliphatic heterocycles. The average molecular weight is 363 g/mol. The van der Waals surface area contributed by atoms with E-state index in [0.29, 0.717) is 5.56 Å². The SMILES string of the molecule is [2H]C(CCC(C(=O)OC(C)(C)C)C(=O)c1ccccc1)C(=O)OC(C)(C)C. The number of Topliss-reactive ketones (excluding diaryl/α,β-unsaturated/α-hetero) is 1. The van der Waals surface area contributed by atoms with E-state index in [4.69, 9.17) is 10.8 Å². The molecule has 1 rings (SSSR count). The standard InChI is InChI=1S/C21H30O5/c1-20(2,3)25-17(22)14-10-13-16(19(24)26-21(4,5)6)18(23)15-11-8-7-9-12-15/h7-9,11-12,16H,10,13-14H2,1-6H3/i14D. The van der Waals surface area contributed by atoms with Crippen LogP contribution in [0.3, 0.4) is 0 Å². The highest BCUT2D eigenvalue weighted by Crippen LogP contribution is 2.21. The van der Waals surface area contributed by atoms with Crippen LogP contribution in [-0.2, 0) is 19.1 Å². The lowest BCUT2D eigenvalue weighted by molar-refractivity contribution is -0.159. The van der Waals surface area contributed by atoms with Crippen LogP contribution in [0.4, 0.5) is 0 Å². The smallest absolute Gasteiger partial charge is 0.317 e. The predicted molar refractivity (Wildman–Crippen MR) is 99.8 cm³/mol. The third-order valence-corrected chi connectivity index (χ3v) is 3.24. The van der Waals surface area contributed by atoms with Gasteiger partial charge in [-0.15, -0.1) is 0 Å². The van der Waals surface area contributed by atoms with E-state index < -0.39 is 35.5 Å². The van der Waals surface area contributed by atoms with Crippen molar-refractivity contribution in [2.75, 3.05) is 0 Å². The molecule has 0 radical (unpaired) electrons. The number of ketones is 1. The molecule has 0 heterocycles. The zero-order valence-electron chi connectivity index (χ0n) is 17.5. The van der Waals surface area contributed by atoms with Crippen LogP contribution >= 0.6 is 0 Å². The van der Waals surface area contributed by atoms with Crippen molar-refractivity contribution < 1.29 is 25.2 Å². The molecule has 0 saturated carbocycles. The molecule has 5 heteroatoms. The van der Waals surface area contributed by atoms with Crippen molar-refractivity contribution in [3.8, 4) is 0 Å². The molecule has 0 bridgehead atoms. The lowest BCUT2D eigenvalue weighted by Gasteiger charge is -2.24. The third kappa shape index (κ3) is 8.28. The van der Waals surface area contributed by atoms with Crippen molar-refractivity contribution in [1.82, 2.24) is 0 Å². The minimum absolute atomic E-state index is 0.0252. The van der Waals surface area contributed by atoms with Crippen LogP contribution < -0.4 is 0 Å². The Kier molecular flexibility index (Phi) is 6.95. The number of hydrogen-bond acceptors (Lipinski definition) is 5. The molecule has 2 unspecified atom stereocenters. The highest BCUT2D eigenvalue weighted by atomic mass is 16.6. The molecule has 0 aliphatic carbocycles. The summed E-state index contributed by atoms with van der Waals surface area (Å²) in [5.41, 5.74) is -1.04. The molecule has 0 saturated heterocycles. The first-order valence-electron chi connectivity index (χ1n) is 9.35. The fourth-order valence-corrected chi connectivity index (χ4v) is 2.24. The first kappa shape index (κ1) is 20.1. The van der Waals surface area contributed by atoms with Gasteiger partial charge in [0, 0.05) is 13.3 Å². The number of hydrogen-bond donors (Lipinski definition) is 0. The average Bonchev–Trinajstić information content (AvgIpc) is 2.52. The van der Waals surface area contributed by atoms with E-state index in [1.54, 1.807) is 71.9 Å². The van der Waals surface area contributed by atoms with E-state index in [1.807, 2.05) is 0 Å². The molecule has 0 aliphatic rings. The van der Waals surface area contributed by atoms with Crippen molar-refractivity contribution in [2.45, 2.75) is 72.0 Å². The van der Waals surface area contributed by atoms with E-state index in [0.717, 1.165) is 0 Å². The molecule has 0 fully saturated rings.